The number of methoxy groups -OCH3 is 1. The van der Waals surface area contributed by atoms with Crippen LogP contribution in [0, 0.1) is 0 Å². The Bertz CT molecular complexity index is 719. The molecule has 0 atom stereocenters. The normalized spacial score (nSPS) is 13.7. The number of rotatable bonds is 4. The smallest absolute Gasteiger partial charge is 0.271 e. The van der Waals surface area contributed by atoms with Crippen LogP contribution in [0.1, 0.15) is 27.3 Å². The highest BCUT2D eigenvalue weighted by molar-refractivity contribution is 7.17. The van der Waals surface area contributed by atoms with Crippen LogP contribution in [0.5, 0.6) is 0 Å². The number of fused-ring (bicyclic) bond motifs is 3. The molecular formula is C13H15N3O3S. The van der Waals surface area contributed by atoms with E-state index in [-0.39, 0.29) is 11.1 Å². The molecule has 0 unspecified atom stereocenters. The summed E-state index contributed by atoms with van der Waals surface area (Å²) >= 11 is 1.54. The van der Waals surface area contributed by atoms with Crippen LogP contribution in [-0.2, 0) is 17.6 Å². The molecule has 6 nitrogen and oxygen atoms in total. The maximum Gasteiger partial charge on any atom is 0.271 e. The predicted molar refractivity (Wildman–Crippen MR) is 75.6 cm³/mol. The van der Waals surface area contributed by atoms with Gasteiger partial charge in [-0.15, -0.1) is 11.3 Å². The van der Waals surface area contributed by atoms with E-state index in [0.29, 0.717) is 18.1 Å². The summed E-state index contributed by atoms with van der Waals surface area (Å²) in [6.07, 6.45) is 4.31. The molecule has 0 saturated heterocycles. The quantitative estimate of drug-likeness (QED) is 0.839. The molecule has 106 valence electrons. The van der Waals surface area contributed by atoms with Gasteiger partial charge in [-0.25, -0.2) is 4.98 Å². The number of ether oxygens (including phenoxy) is 1. The molecule has 0 aromatic carbocycles. The third-order valence-electron chi connectivity index (χ3n) is 3.39. The molecule has 1 amide bonds. The fourth-order valence-corrected chi connectivity index (χ4v) is 3.59. The third kappa shape index (κ3) is 2.12. The Labute approximate surface area is 119 Å². The fraction of sp³-hybridized carbons (Fsp3) is 0.462. The van der Waals surface area contributed by atoms with E-state index in [1.807, 2.05) is 0 Å². The van der Waals surface area contributed by atoms with Gasteiger partial charge in [0.1, 0.15) is 5.56 Å². The lowest BCUT2D eigenvalue weighted by Crippen LogP contribution is -2.33. The van der Waals surface area contributed by atoms with Crippen LogP contribution < -0.4 is 10.9 Å². The van der Waals surface area contributed by atoms with Gasteiger partial charge in [-0.2, -0.15) is 0 Å². The van der Waals surface area contributed by atoms with Gasteiger partial charge in [-0.1, -0.05) is 0 Å². The van der Waals surface area contributed by atoms with E-state index >= 15 is 0 Å². The lowest BCUT2D eigenvalue weighted by molar-refractivity contribution is 0.0935. The predicted octanol–water partition coefficient (Wildman–Crippen LogP) is 0.621. The number of hydrogen-bond donors (Lipinski definition) is 1. The zero-order chi connectivity index (χ0) is 14.1. The molecule has 0 saturated carbocycles. The molecule has 1 aliphatic rings. The highest BCUT2D eigenvalue weighted by Crippen LogP contribution is 2.28. The molecular weight excluding hydrogens is 278 g/mol. The van der Waals surface area contributed by atoms with Crippen LogP contribution in [0.3, 0.4) is 0 Å². The summed E-state index contributed by atoms with van der Waals surface area (Å²) in [5.74, 6) is -0.396. The lowest BCUT2D eigenvalue weighted by Gasteiger charge is -2.04. The van der Waals surface area contributed by atoms with Crippen molar-refractivity contribution >= 4 is 22.2 Å². The van der Waals surface area contributed by atoms with E-state index in [4.69, 9.17) is 4.74 Å². The van der Waals surface area contributed by atoms with Gasteiger partial charge in [-0.05, 0) is 19.3 Å². The SMILES string of the molecule is COCCNC(=O)c1cnc2sc3c(n2c1=O)CCC3. The van der Waals surface area contributed by atoms with Crippen molar-refractivity contribution < 1.29 is 9.53 Å². The third-order valence-corrected chi connectivity index (χ3v) is 4.55. The molecule has 20 heavy (non-hydrogen) atoms. The van der Waals surface area contributed by atoms with Crippen molar-refractivity contribution in [3.63, 3.8) is 0 Å². The van der Waals surface area contributed by atoms with Crippen molar-refractivity contribution in [2.24, 2.45) is 0 Å². The second-order valence-corrected chi connectivity index (χ2v) is 5.73. The van der Waals surface area contributed by atoms with Gasteiger partial charge in [0.2, 0.25) is 0 Å². The van der Waals surface area contributed by atoms with Crippen LogP contribution in [0.15, 0.2) is 11.0 Å². The molecule has 0 aliphatic heterocycles. The summed E-state index contributed by atoms with van der Waals surface area (Å²) in [5, 5.41) is 2.65. The summed E-state index contributed by atoms with van der Waals surface area (Å²) in [6, 6.07) is 0. The number of amides is 1. The minimum Gasteiger partial charge on any atom is -0.383 e. The molecule has 0 radical (unpaired) electrons. The van der Waals surface area contributed by atoms with Crippen molar-refractivity contribution in [1.29, 1.82) is 0 Å². The number of nitrogens with one attached hydrogen (secondary N) is 1. The minimum atomic E-state index is -0.396. The van der Waals surface area contributed by atoms with Crippen LogP contribution in [0.25, 0.3) is 4.96 Å². The second-order valence-electron chi connectivity index (χ2n) is 4.67. The maximum atomic E-state index is 12.5. The zero-order valence-electron chi connectivity index (χ0n) is 11.1. The van der Waals surface area contributed by atoms with E-state index in [0.717, 1.165) is 25.0 Å². The molecule has 0 fully saturated rings. The topological polar surface area (TPSA) is 72.7 Å². The molecule has 0 spiro atoms. The summed E-state index contributed by atoms with van der Waals surface area (Å²) in [4.78, 5) is 30.6. The number of aryl methyl sites for hydroxylation is 2. The van der Waals surface area contributed by atoms with E-state index < -0.39 is 5.91 Å². The molecule has 3 rings (SSSR count). The highest BCUT2D eigenvalue weighted by atomic mass is 32.1. The fourth-order valence-electron chi connectivity index (χ4n) is 2.42. The summed E-state index contributed by atoms with van der Waals surface area (Å²) < 4.78 is 6.46. The van der Waals surface area contributed by atoms with Crippen molar-refractivity contribution in [1.82, 2.24) is 14.7 Å². The van der Waals surface area contributed by atoms with Crippen LogP contribution in [-0.4, -0.2) is 35.6 Å². The Morgan fingerprint density at radius 2 is 2.40 bits per heavy atom. The first kappa shape index (κ1) is 13.3. The Kier molecular flexibility index (Phi) is 3.54. The second kappa shape index (κ2) is 5.34. The average Bonchev–Trinajstić information content (AvgIpc) is 2.99. The largest absolute Gasteiger partial charge is 0.383 e. The monoisotopic (exact) mass is 293 g/mol. The van der Waals surface area contributed by atoms with E-state index in [9.17, 15) is 9.59 Å². The van der Waals surface area contributed by atoms with Crippen LogP contribution in [0.4, 0.5) is 0 Å². The first-order valence-electron chi connectivity index (χ1n) is 6.52. The van der Waals surface area contributed by atoms with Crippen molar-refractivity contribution in [2.75, 3.05) is 20.3 Å². The van der Waals surface area contributed by atoms with E-state index in [1.165, 1.54) is 11.1 Å². The van der Waals surface area contributed by atoms with E-state index in [1.54, 1.807) is 22.8 Å². The highest BCUT2D eigenvalue weighted by Gasteiger charge is 2.22. The summed E-state index contributed by atoms with van der Waals surface area (Å²) in [6.45, 7) is 0.788. The molecule has 2 aromatic heterocycles. The first-order valence-corrected chi connectivity index (χ1v) is 7.33. The van der Waals surface area contributed by atoms with Gasteiger partial charge in [0.15, 0.2) is 4.96 Å². The standard InChI is InChI=1S/C13H15N3O3S/c1-19-6-5-14-11(17)8-7-15-13-16(12(8)18)9-3-2-4-10(9)20-13/h7H,2-6H2,1H3,(H,14,17). The van der Waals surface area contributed by atoms with Gasteiger partial charge in [0.05, 0.1) is 6.61 Å². The minimum absolute atomic E-state index is 0.0890. The molecule has 7 heteroatoms. The molecule has 1 N–H and O–H groups in total. The van der Waals surface area contributed by atoms with Gasteiger partial charge < -0.3 is 10.1 Å². The van der Waals surface area contributed by atoms with Crippen molar-refractivity contribution in [3.05, 3.63) is 32.7 Å². The van der Waals surface area contributed by atoms with Crippen molar-refractivity contribution in [3.8, 4) is 0 Å². The molecule has 2 heterocycles. The number of carbonyl (C=O) groups excluding carboxylic acids is 1. The number of nitrogens with zero attached hydrogens (tertiary/aromatic N) is 2. The number of aromatic nitrogens is 2. The van der Waals surface area contributed by atoms with E-state index in [2.05, 4.69) is 10.3 Å². The van der Waals surface area contributed by atoms with Crippen LogP contribution >= 0.6 is 11.3 Å². The molecule has 2 aromatic rings. The Morgan fingerprint density at radius 3 is 3.20 bits per heavy atom. The summed E-state index contributed by atoms with van der Waals surface area (Å²) in [7, 11) is 1.56. The Hall–Kier alpha value is -1.73. The lowest BCUT2D eigenvalue weighted by atomic mass is 10.3. The first-order chi connectivity index (χ1) is 9.72. The zero-order valence-corrected chi connectivity index (χ0v) is 12.0. The number of hydrogen-bond acceptors (Lipinski definition) is 5. The van der Waals surface area contributed by atoms with Gasteiger partial charge >= 0.3 is 0 Å². The maximum absolute atomic E-state index is 12.5. The van der Waals surface area contributed by atoms with Gasteiger partial charge in [0, 0.05) is 30.4 Å². The molecule has 0 bridgehead atoms. The number of thiazole rings is 1. The molecule has 1 aliphatic carbocycles. The Balaban J connectivity index is 1.99. The van der Waals surface area contributed by atoms with Crippen LogP contribution in [0.2, 0.25) is 0 Å². The number of carbonyl (C=O) groups is 1. The van der Waals surface area contributed by atoms with Gasteiger partial charge in [0.25, 0.3) is 11.5 Å². The average molecular weight is 293 g/mol. The summed E-state index contributed by atoms with van der Waals surface area (Å²) in [5.41, 5.74) is 0.837. The van der Waals surface area contributed by atoms with Crippen molar-refractivity contribution in [2.45, 2.75) is 19.3 Å². The van der Waals surface area contributed by atoms with Gasteiger partial charge in [-0.3, -0.25) is 14.0 Å². The Morgan fingerprint density at radius 1 is 1.55 bits per heavy atom.